The Morgan fingerprint density at radius 3 is 2.50 bits per heavy atom. The molecule has 0 radical (unpaired) electrons. The van der Waals surface area contributed by atoms with Crippen molar-refractivity contribution in [1.82, 2.24) is 14.9 Å². The van der Waals surface area contributed by atoms with Crippen LogP contribution in [0.1, 0.15) is 11.1 Å². The van der Waals surface area contributed by atoms with Gasteiger partial charge in [0.25, 0.3) is 0 Å². The Balaban J connectivity index is 2.16. The Kier molecular flexibility index (Phi) is 4.18. The molecular formula is C15H9Cl2FN4. The van der Waals surface area contributed by atoms with E-state index in [4.69, 9.17) is 23.2 Å². The number of rotatable bonds is 3. The number of halogens is 3. The summed E-state index contributed by atoms with van der Waals surface area (Å²) in [4.78, 5) is 5.15. The molecule has 0 N–H and O–H groups in total. The standard InChI is InChI=1S/C15H9Cl2FN4/c16-11-3-6-13(14(17)7-11)15(21-22-9-19-8-20-22)10-1-4-12(18)5-2-10/h1-9H. The van der Waals surface area contributed by atoms with E-state index in [9.17, 15) is 4.39 Å². The molecule has 0 saturated carbocycles. The number of nitrogens with zero attached hydrogens (tertiary/aromatic N) is 4. The highest BCUT2D eigenvalue weighted by atomic mass is 35.5. The van der Waals surface area contributed by atoms with E-state index >= 15 is 0 Å². The summed E-state index contributed by atoms with van der Waals surface area (Å²) in [6.45, 7) is 0. The van der Waals surface area contributed by atoms with Crippen LogP contribution in [0.25, 0.3) is 0 Å². The smallest absolute Gasteiger partial charge is 0.139 e. The van der Waals surface area contributed by atoms with Crippen molar-refractivity contribution in [3.05, 3.63) is 82.1 Å². The third kappa shape index (κ3) is 3.16. The molecule has 22 heavy (non-hydrogen) atoms. The highest BCUT2D eigenvalue weighted by Crippen LogP contribution is 2.24. The van der Waals surface area contributed by atoms with Gasteiger partial charge in [0, 0.05) is 16.1 Å². The van der Waals surface area contributed by atoms with Crippen LogP contribution in [-0.2, 0) is 0 Å². The third-order valence-electron chi connectivity index (χ3n) is 2.91. The van der Waals surface area contributed by atoms with Crippen LogP contribution in [0.4, 0.5) is 4.39 Å². The number of hydrogen-bond acceptors (Lipinski definition) is 3. The summed E-state index contributed by atoms with van der Waals surface area (Å²) in [7, 11) is 0. The maximum atomic E-state index is 13.2. The summed E-state index contributed by atoms with van der Waals surface area (Å²) in [5.74, 6) is -0.328. The van der Waals surface area contributed by atoms with Crippen LogP contribution in [-0.4, -0.2) is 20.6 Å². The van der Waals surface area contributed by atoms with E-state index in [2.05, 4.69) is 15.2 Å². The van der Waals surface area contributed by atoms with E-state index in [1.54, 1.807) is 30.3 Å². The summed E-state index contributed by atoms with van der Waals surface area (Å²) in [5, 5.41) is 9.30. The normalized spacial score (nSPS) is 11.7. The first-order valence-corrected chi connectivity index (χ1v) is 7.04. The zero-order valence-corrected chi connectivity index (χ0v) is 12.6. The Morgan fingerprint density at radius 2 is 1.86 bits per heavy atom. The van der Waals surface area contributed by atoms with Crippen molar-refractivity contribution in [3.8, 4) is 0 Å². The minimum Gasteiger partial charge on any atom is -0.221 e. The van der Waals surface area contributed by atoms with Gasteiger partial charge in [-0.3, -0.25) is 0 Å². The van der Waals surface area contributed by atoms with Crippen molar-refractivity contribution < 1.29 is 4.39 Å². The predicted molar refractivity (Wildman–Crippen MR) is 83.9 cm³/mol. The van der Waals surface area contributed by atoms with E-state index in [1.165, 1.54) is 29.6 Å². The summed E-state index contributed by atoms with van der Waals surface area (Å²) in [6, 6.07) is 11.0. The first kappa shape index (κ1) is 14.7. The monoisotopic (exact) mass is 334 g/mol. The van der Waals surface area contributed by atoms with Crippen molar-refractivity contribution in [2.45, 2.75) is 0 Å². The van der Waals surface area contributed by atoms with E-state index in [0.717, 1.165) is 0 Å². The molecule has 7 heteroatoms. The maximum Gasteiger partial charge on any atom is 0.139 e. The molecule has 110 valence electrons. The number of benzene rings is 2. The molecule has 0 amide bonds. The fourth-order valence-corrected chi connectivity index (χ4v) is 2.41. The van der Waals surface area contributed by atoms with E-state index in [1.807, 2.05) is 0 Å². The fourth-order valence-electron chi connectivity index (χ4n) is 1.91. The van der Waals surface area contributed by atoms with Gasteiger partial charge >= 0.3 is 0 Å². The lowest BCUT2D eigenvalue weighted by Crippen LogP contribution is -2.08. The van der Waals surface area contributed by atoms with Crippen LogP contribution in [0.2, 0.25) is 10.0 Å². The van der Waals surface area contributed by atoms with Crippen LogP contribution in [0.3, 0.4) is 0 Å². The lowest BCUT2D eigenvalue weighted by atomic mass is 10.0. The van der Waals surface area contributed by atoms with Gasteiger partial charge in [0.1, 0.15) is 24.2 Å². The Labute approximate surface area is 135 Å². The largest absolute Gasteiger partial charge is 0.221 e. The molecule has 0 atom stereocenters. The highest BCUT2D eigenvalue weighted by Gasteiger charge is 2.12. The Bertz CT molecular complexity index is 814. The molecule has 1 heterocycles. The third-order valence-corrected chi connectivity index (χ3v) is 3.46. The summed E-state index contributed by atoms with van der Waals surface area (Å²) in [6.07, 6.45) is 2.82. The molecule has 3 rings (SSSR count). The van der Waals surface area contributed by atoms with Gasteiger partial charge in [-0.15, -0.1) is 15.0 Å². The summed E-state index contributed by atoms with van der Waals surface area (Å²) in [5.41, 5.74) is 1.89. The van der Waals surface area contributed by atoms with E-state index < -0.39 is 0 Å². The minimum absolute atomic E-state index is 0.328. The zero-order valence-electron chi connectivity index (χ0n) is 11.1. The molecule has 0 fully saturated rings. The number of aromatic nitrogens is 3. The Morgan fingerprint density at radius 1 is 1.09 bits per heavy atom. The first-order chi connectivity index (χ1) is 10.6. The fraction of sp³-hybridized carbons (Fsp3) is 0. The molecule has 0 saturated heterocycles. The second kappa shape index (κ2) is 6.25. The van der Waals surface area contributed by atoms with E-state index in [-0.39, 0.29) is 5.82 Å². The van der Waals surface area contributed by atoms with Crippen LogP contribution >= 0.6 is 23.2 Å². The molecule has 0 unspecified atom stereocenters. The van der Waals surface area contributed by atoms with Gasteiger partial charge in [0.05, 0.1) is 5.02 Å². The maximum absolute atomic E-state index is 13.2. The van der Waals surface area contributed by atoms with Crippen molar-refractivity contribution in [1.29, 1.82) is 0 Å². The molecule has 2 aromatic carbocycles. The quantitative estimate of drug-likeness (QED) is 0.679. The second-order valence-corrected chi connectivity index (χ2v) is 5.24. The molecule has 0 aliphatic rings. The molecule has 0 aliphatic carbocycles. The van der Waals surface area contributed by atoms with Crippen molar-refractivity contribution >= 4 is 28.9 Å². The lowest BCUT2D eigenvalue weighted by molar-refractivity contribution is 0.627. The average molecular weight is 335 g/mol. The zero-order chi connectivity index (χ0) is 15.5. The van der Waals surface area contributed by atoms with Gasteiger partial charge in [-0.05, 0) is 42.5 Å². The van der Waals surface area contributed by atoms with Crippen LogP contribution in [0, 0.1) is 5.82 Å². The van der Waals surface area contributed by atoms with Gasteiger partial charge in [0.2, 0.25) is 0 Å². The van der Waals surface area contributed by atoms with Crippen LogP contribution in [0.5, 0.6) is 0 Å². The highest BCUT2D eigenvalue weighted by molar-refractivity contribution is 6.37. The van der Waals surface area contributed by atoms with Gasteiger partial charge in [0.15, 0.2) is 0 Å². The first-order valence-electron chi connectivity index (χ1n) is 6.28. The predicted octanol–water partition coefficient (Wildman–Crippen LogP) is 4.02. The summed E-state index contributed by atoms with van der Waals surface area (Å²) >= 11 is 12.2. The summed E-state index contributed by atoms with van der Waals surface area (Å²) < 4.78 is 13.2. The molecular weight excluding hydrogens is 326 g/mol. The van der Waals surface area contributed by atoms with Gasteiger partial charge < -0.3 is 0 Å². The molecule has 0 spiro atoms. The average Bonchev–Trinajstić information content (AvgIpc) is 2.99. The topological polar surface area (TPSA) is 43.1 Å². The molecule has 1 aromatic heterocycles. The Hall–Kier alpha value is -2.24. The molecule has 0 bridgehead atoms. The molecule has 4 nitrogen and oxygen atoms in total. The lowest BCUT2D eigenvalue weighted by Gasteiger charge is -2.09. The van der Waals surface area contributed by atoms with Crippen molar-refractivity contribution in [2.24, 2.45) is 5.10 Å². The van der Waals surface area contributed by atoms with Gasteiger partial charge in [-0.2, -0.15) is 0 Å². The SMILES string of the molecule is Fc1ccc(C(=Nn2cncn2)c2ccc(Cl)cc2Cl)cc1. The van der Waals surface area contributed by atoms with Crippen LogP contribution < -0.4 is 0 Å². The molecule has 3 aromatic rings. The minimum atomic E-state index is -0.328. The molecule has 0 aliphatic heterocycles. The van der Waals surface area contributed by atoms with E-state index in [0.29, 0.717) is 26.9 Å². The van der Waals surface area contributed by atoms with Gasteiger partial charge in [-0.1, -0.05) is 23.2 Å². The van der Waals surface area contributed by atoms with Crippen LogP contribution in [0.15, 0.2) is 60.2 Å². The second-order valence-electron chi connectivity index (χ2n) is 4.40. The van der Waals surface area contributed by atoms with Crippen molar-refractivity contribution in [3.63, 3.8) is 0 Å². The van der Waals surface area contributed by atoms with Gasteiger partial charge in [-0.25, -0.2) is 9.37 Å². The van der Waals surface area contributed by atoms with Crippen molar-refractivity contribution in [2.75, 3.05) is 0 Å². The number of hydrogen-bond donors (Lipinski definition) is 0.